The molecule has 4 nitrogen and oxygen atoms in total. The fraction of sp³-hybridized carbons (Fsp3) is 0.211. The Labute approximate surface area is 164 Å². The number of hydrogen-bond acceptors (Lipinski definition) is 1. The molecule has 6 heteroatoms. The van der Waals surface area contributed by atoms with Gasteiger partial charge < -0.3 is 15.6 Å². The number of guanidine groups is 1. The van der Waals surface area contributed by atoms with E-state index >= 15 is 0 Å². The van der Waals surface area contributed by atoms with Crippen LogP contribution in [-0.4, -0.2) is 17.5 Å². The summed E-state index contributed by atoms with van der Waals surface area (Å²) in [7, 11) is 0. The van der Waals surface area contributed by atoms with E-state index in [9.17, 15) is 4.39 Å². The number of aromatic amines is 1. The molecular weight excluding hydrogens is 430 g/mol. The molecule has 132 valence electrons. The Balaban J connectivity index is 0.00000225. The van der Waals surface area contributed by atoms with Crippen LogP contribution in [0.1, 0.15) is 18.2 Å². The minimum absolute atomic E-state index is 0. The molecule has 0 bridgehead atoms. The lowest BCUT2D eigenvalue weighted by Crippen LogP contribution is -2.36. The third kappa shape index (κ3) is 5.45. The molecule has 3 N–H and O–H groups in total. The molecule has 0 aliphatic carbocycles. The van der Waals surface area contributed by atoms with Crippen LogP contribution in [-0.2, 0) is 13.1 Å². The predicted molar refractivity (Wildman–Crippen MR) is 112 cm³/mol. The molecule has 0 radical (unpaired) electrons. The Kier molecular flexibility index (Phi) is 7.24. The van der Waals surface area contributed by atoms with Crippen LogP contribution < -0.4 is 10.6 Å². The molecule has 0 unspecified atom stereocenters. The first kappa shape index (κ1) is 19.2. The summed E-state index contributed by atoms with van der Waals surface area (Å²) < 4.78 is 13.2. The molecule has 3 rings (SSSR count). The highest BCUT2D eigenvalue weighted by atomic mass is 127. The number of hydrogen-bond donors (Lipinski definition) is 3. The van der Waals surface area contributed by atoms with Gasteiger partial charge in [-0.1, -0.05) is 30.3 Å². The lowest BCUT2D eigenvalue weighted by Gasteiger charge is -2.10. The highest BCUT2D eigenvalue weighted by Gasteiger charge is 2.02. The van der Waals surface area contributed by atoms with Gasteiger partial charge in [0, 0.05) is 17.8 Å². The molecule has 0 amide bonds. The summed E-state index contributed by atoms with van der Waals surface area (Å²) in [4.78, 5) is 7.89. The molecule has 0 atom stereocenters. The van der Waals surface area contributed by atoms with Crippen LogP contribution >= 0.6 is 24.0 Å². The lowest BCUT2D eigenvalue weighted by molar-refractivity contribution is 0.625. The Bertz CT molecular complexity index is 811. The average molecular weight is 452 g/mol. The van der Waals surface area contributed by atoms with Gasteiger partial charge in [-0.2, -0.15) is 0 Å². The highest BCUT2D eigenvalue weighted by molar-refractivity contribution is 14.0. The van der Waals surface area contributed by atoms with Crippen LogP contribution in [0.5, 0.6) is 0 Å². The van der Waals surface area contributed by atoms with Gasteiger partial charge in [0.2, 0.25) is 0 Å². The molecule has 0 aliphatic rings. The summed E-state index contributed by atoms with van der Waals surface area (Å²) in [5, 5.41) is 7.69. The topological polar surface area (TPSA) is 52.2 Å². The van der Waals surface area contributed by atoms with Crippen molar-refractivity contribution in [3.05, 3.63) is 71.7 Å². The van der Waals surface area contributed by atoms with E-state index in [1.165, 1.54) is 17.5 Å². The number of para-hydroxylation sites is 1. The van der Waals surface area contributed by atoms with Crippen molar-refractivity contribution >= 4 is 40.8 Å². The van der Waals surface area contributed by atoms with E-state index in [0.717, 1.165) is 23.3 Å². The van der Waals surface area contributed by atoms with Crippen LogP contribution in [0.15, 0.2) is 59.6 Å². The third-order valence-corrected chi connectivity index (χ3v) is 3.69. The van der Waals surface area contributed by atoms with E-state index in [1.807, 2.05) is 25.1 Å². The summed E-state index contributed by atoms with van der Waals surface area (Å²) in [5.74, 6) is 0.471. The fourth-order valence-corrected chi connectivity index (χ4v) is 2.56. The number of nitrogens with zero attached hydrogens (tertiary/aromatic N) is 1. The van der Waals surface area contributed by atoms with Crippen LogP contribution in [0.4, 0.5) is 4.39 Å². The van der Waals surface area contributed by atoms with Crippen molar-refractivity contribution in [2.75, 3.05) is 6.54 Å². The van der Waals surface area contributed by atoms with Crippen molar-refractivity contribution in [2.24, 2.45) is 4.99 Å². The summed E-state index contributed by atoms with van der Waals surface area (Å²) >= 11 is 0. The highest BCUT2D eigenvalue weighted by Crippen LogP contribution is 2.14. The zero-order chi connectivity index (χ0) is 16.8. The van der Waals surface area contributed by atoms with Gasteiger partial charge in [0.05, 0.1) is 13.1 Å². The lowest BCUT2D eigenvalue weighted by atomic mass is 10.2. The smallest absolute Gasteiger partial charge is 0.191 e. The molecule has 3 aromatic rings. The molecule has 1 aromatic heterocycles. The minimum Gasteiger partial charge on any atom is -0.357 e. The maximum Gasteiger partial charge on any atom is 0.191 e. The number of benzene rings is 2. The molecule has 0 aliphatic heterocycles. The van der Waals surface area contributed by atoms with Gasteiger partial charge in [-0.05, 0) is 42.1 Å². The monoisotopic (exact) mass is 452 g/mol. The number of aromatic nitrogens is 1. The molecular formula is C19H22FIN4. The molecule has 0 saturated carbocycles. The first-order chi connectivity index (χ1) is 11.7. The normalized spacial score (nSPS) is 11.2. The number of aliphatic imine (C=N–C) groups is 1. The SMILES string of the molecule is CCNC(=NCc1cccc(F)c1)NCc1cc2ccccc2[nH]1.I. The summed E-state index contributed by atoms with van der Waals surface area (Å²) in [6.45, 7) is 3.85. The zero-order valence-electron chi connectivity index (χ0n) is 14.1. The van der Waals surface area contributed by atoms with Gasteiger partial charge in [-0.15, -0.1) is 24.0 Å². The molecule has 0 spiro atoms. The summed E-state index contributed by atoms with van der Waals surface area (Å²) in [5.41, 5.74) is 3.06. The maximum absolute atomic E-state index is 13.2. The van der Waals surface area contributed by atoms with Crippen molar-refractivity contribution in [3.63, 3.8) is 0 Å². The van der Waals surface area contributed by atoms with Crippen molar-refractivity contribution in [1.29, 1.82) is 0 Å². The van der Waals surface area contributed by atoms with Gasteiger partial charge in [0.25, 0.3) is 0 Å². The molecule has 2 aromatic carbocycles. The largest absolute Gasteiger partial charge is 0.357 e. The van der Waals surface area contributed by atoms with E-state index in [1.54, 1.807) is 6.07 Å². The average Bonchev–Trinajstić information content (AvgIpc) is 3.00. The van der Waals surface area contributed by atoms with Crippen LogP contribution in [0.25, 0.3) is 10.9 Å². The van der Waals surface area contributed by atoms with Gasteiger partial charge in [0.1, 0.15) is 5.82 Å². The quantitative estimate of drug-likeness (QED) is 0.309. The molecule has 0 saturated heterocycles. The van der Waals surface area contributed by atoms with E-state index < -0.39 is 0 Å². The van der Waals surface area contributed by atoms with Gasteiger partial charge in [0.15, 0.2) is 5.96 Å². The second-order valence-corrected chi connectivity index (χ2v) is 5.56. The van der Waals surface area contributed by atoms with Crippen LogP contribution in [0, 0.1) is 5.82 Å². The minimum atomic E-state index is -0.237. The van der Waals surface area contributed by atoms with Crippen molar-refractivity contribution in [3.8, 4) is 0 Å². The number of halogens is 2. The Morgan fingerprint density at radius 3 is 2.68 bits per heavy atom. The number of fused-ring (bicyclic) bond motifs is 1. The zero-order valence-corrected chi connectivity index (χ0v) is 16.4. The molecule has 0 fully saturated rings. The Morgan fingerprint density at radius 2 is 1.92 bits per heavy atom. The second kappa shape index (κ2) is 9.41. The summed E-state index contributed by atoms with van der Waals surface area (Å²) in [6, 6.07) is 16.8. The van der Waals surface area contributed by atoms with Crippen molar-refractivity contribution < 1.29 is 4.39 Å². The number of nitrogens with one attached hydrogen (secondary N) is 3. The number of H-pyrrole nitrogens is 1. The third-order valence-electron chi connectivity index (χ3n) is 3.69. The maximum atomic E-state index is 13.2. The van der Waals surface area contributed by atoms with Crippen LogP contribution in [0.3, 0.4) is 0 Å². The van der Waals surface area contributed by atoms with Gasteiger partial charge >= 0.3 is 0 Å². The van der Waals surface area contributed by atoms with E-state index in [-0.39, 0.29) is 29.8 Å². The first-order valence-corrected chi connectivity index (χ1v) is 8.08. The fourth-order valence-electron chi connectivity index (χ4n) is 2.56. The van der Waals surface area contributed by atoms with Crippen molar-refractivity contribution in [1.82, 2.24) is 15.6 Å². The number of rotatable bonds is 5. The summed E-state index contributed by atoms with van der Waals surface area (Å²) in [6.07, 6.45) is 0. The van der Waals surface area contributed by atoms with E-state index in [2.05, 4.69) is 38.8 Å². The van der Waals surface area contributed by atoms with Gasteiger partial charge in [-0.3, -0.25) is 0 Å². The molecule has 25 heavy (non-hydrogen) atoms. The van der Waals surface area contributed by atoms with Crippen LogP contribution in [0.2, 0.25) is 0 Å². The second-order valence-electron chi connectivity index (χ2n) is 5.56. The first-order valence-electron chi connectivity index (χ1n) is 8.08. The van der Waals surface area contributed by atoms with E-state index in [4.69, 9.17) is 0 Å². The Hall–Kier alpha value is -2.09. The molecule has 1 heterocycles. The standard InChI is InChI=1S/C19H21FN4.HI/c1-2-21-19(22-12-14-6-5-8-16(20)10-14)23-13-17-11-15-7-3-4-9-18(15)24-17;/h3-11,24H,2,12-13H2,1H3,(H2,21,22,23);1H. The van der Waals surface area contributed by atoms with E-state index in [0.29, 0.717) is 19.0 Å². The Morgan fingerprint density at radius 1 is 1.08 bits per heavy atom. The van der Waals surface area contributed by atoms with Crippen molar-refractivity contribution in [2.45, 2.75) is 20.0 Å². The predicted octanol–water partition coefficient (Wildman–Crippen LogP) is 4.18. The van der Waals surface area contributed by atoms with Gasteiger partial charge in [-0.25, -0.2) is 9.38 Å².